The van der Waals surface area contributed by atoms with Crippen LogP contribution in [-0.4, -0.2) is 25.0 Å². The van der Waals surface area contributed by atoms with Crippen molar-refractivity contribution in [2.24, 2.45) is 0 Å². The van der Waals surface area contributed by atoms with Gasteiger partial charge in [-0.15, -0.1) is 0 Å². The van der Waals surface area contributed by atoms with Crippen molar-refractivity contribution in [3.05, 3.63) is 65.7 Å². The summed E-state index contributed by atoms with van der Waals surface area (Å²) in [6, 6.07) is 16.4. The second-order valence-electron chi connectivity index (χ2n) is 4.92. The van der Waals surface area contributed by atoms with E-state index in [1.807, 2.05) is 50.2 Å². The summed E-state index contributed by atoms with van der Waals surface area (Å²) in [7, 11) is 0. The van der Waals surface area contributed by atoms with Gasteiger partial charge in [0, 0.05) is 12.2 Å². The van der Waals surface area contributed by atoms with Crippen molar-refractivity contribution < 1.29 is 14.3 Å². The largest absolute Gasteiger partial charge is 0.452 e. The minimum atomic E-state index is -0.485. The predicted molar refractivity (Wildman–Crippen MR) is 85.9 cm³/mol. The van der Waals surface area contributed by atoms with Crippen LogP contribution in [0, 0.1) is 6.92 Å². The fourth-order valence-corrected chi connectivity index (χ4v) is 2.17. The van der Waals surface area contributed by atoms with Gasteiger partial charge < -0.3 is 9.64 Å². The molecule has 4 nitrogen and oxygen atoms in total. The first-order valence-electron chi connectivity index (χ1n) is 7.21. The standard InChI is InChI=1S/C18H19NO3/c1-3-19(16-10-5-4-6-11-16)17(20)13-22-18(21)15-9-7-8-14(2)12-15/h4-12H,3,13H2,1-2H3. The lowest BCUT2D eigenvalue weighted by atomic mass is 10.1. The molecule has 0 aliphatic carbocycles. The van der Waals surface area contributed by atoms with E-state index in [0.29, 0.717) is 12.1 Å². The number of aryl methyl sites for hydroxylation is 1. The monoisotopic (exact) mass is 297 g/mol. The molecule has 22 heavy (non-hydrogen) atoms. The van der Waals surface area contributed by atoms with Crippen molar-refractivity contribution in [1.82, 2.24) is 0 Å². The molecule has 2 aromatic carbocycles. The molecule has 0 fully saturated rings. The average molecular weight is 297 g/mol. The molecule has 0 heterocycles. The van der Waals surface area contributed by atoms with Gasteiger partial charge in [-0.3, -0.25) is 4.79 Å². The maximum absolute atomic E-state index is 12.2. The number of esters is 1. The number of para-hydroxylation sites is 1. The second-order valence-corrected chi connectivity index (χ2v) is 4.92. The Morgan fingerprint density at radius 2 is 1.77 bits per heavy atom. The van der Waals surface area contributed by atoms with Crippen LogP contribution >= 0.6 is 0 Å². The van der Waals surface area contributed by atoms with E-state index in [0.717, 1.165) is 11.3 Å². The molecule has 114 valence electrons. The number of nitrogens with zero attached hydrogens (tertiary/aromatic N) is 1. The van der Waals surface area contributed by atoms with E-state index in [2.05, 4.69) is 0 Å². The molecule has 4 heteroatoms. The molecule has 0 radical (unpaired) electrons. The third kappa shape index (κ3) is 3.95. The lowest BCUT2D eigenvalue weighted by Crippen LogP contribution is -2.34. The maximum atomic E-state index is 12.2. The molecule has 0 saturated carbocycles. The summed E-state index contributed by atoms with van der Waals surface area (Å²) in [5.74, 6) is -0.726. The van der Waals surface area contributed by atoms with Crippen molar-refractivity contribution in [3.8, 4) is 0 Å². The van der Waals surface area contributed by atoms with Gasteiger partial charge in [0.05, 0.1) is 5.56 Å². The zero-order chi connectivity index (χ0) is 15.9. The number of ether oxygens (including phenoxy) is 1. The number of carbonyl (C=O) groups is 2. The fourth-order valence-electron chi connectivity index (χ4n) is 2.17. The van der Waals surface area contributed by atoms with Crippen molar-refractivity contribution in [2.75, 3.05) is 18.1 Å². The number of amides is 1. The zero-order valence-electron chi connectivity index (χ0n) is 12.8. The molecular weight excluding hydrogens is 278 g/mol. The zero-order valence-corrected chi connectivity index (χ0v) is 12.8. The second kappa shape index (κ2) is 7.41. The topological polar surface area (TPSA) is 46.6 Å². The number of benzene rings is 2. The summed E-state index contributed by atoms with van der Waals surface area (Å²) in [6.07, 6.45) is 0. The molecule has 1 amide bonds. The van der Waals surface area contributed by atoms with Gasteiger partial charge in [-0.2, -0.15) is 0 Å². The minimum Gasteiger partial charge on any atom is -0.452 e. The number of hydrogen-bond donors (Lipinski definition) is 0. The van der Waals surface area contributed by atoms with Crippen molar-refractivity contribution in [2.45, 2.75) is 13.8 Å². The fraction of sp³-hybridized carbons (Fsp3) is 0.222. The van der Waals surface area contributed by atoms with Crippen molar-refractivity contribution in [1.29, 1.82) is 0 Å². The van der Waals surface area contributed by atoms with Crippen molar-refractivity contribution >= 4 is 17.6 Å². The van der Waals surface area contributed by atoms with Crippen LogP contribution in [0.25, 0.3) is 0 Å². The quantitative estimate of drug-likeness (QED) is 0.796. The molecule has 0 N–H and O–H groups in total. The van der Waals surface area contributed by atoms with Gasteiger partial charge in [-0.05, 0) is 38.1 Å². The number of likely N-dealkylation sites (N-methyl/N-ethyl adjacent to an activating group) is 1. The number of hydrogen-bond acceptors (Lipinski definition) is 3. The molecule has 0 saturated heterocycles. The van der Waals surface area contributed by atoms with E-state index in [1.54, 1.807) is 23.1 Å². The molecular formula is C18H19NO3. The summed E-state index contributed by atoms with van der Waals surface area (Å²) in [5, 5.41) is 0. The Morgan fingerprint density at radius 3 is 2.41 bits per heavy atom. The lowest BCUT2D eigenvalue weighted by Gasteiger charge is -2.20. The molecule has 0 bridgehead atoms. The predicted octanol–water partition coefficient (Wildman–Crippen LogP) is 3.20. The highest BCUT2D eigenvalue weighted by molar-refractivity contribution is 5.97. The SMILES string of the molecule is CCN(C(=O)COC(=O)c1cccc(C)c1)c1ccccc1. The van der Waals surface area contributed by atoms with E-state index in [-0.39, 0.29) is 12.5 Å². The summed E-state index contributed by atoms with van der Waals surface area (Å²) < 4.78 is 5.12. The van der Waals surface area contributed by atoms with E-state index >= 15 is 0 Å². The first-order valence-corrected chi connectivity index (χ1v) is 7.21. The summed E-state index contributed by atoms with van der Waals surface area (Å²) in [4.78, 5) is 25.8. The van der Waals surface area contributed by atoms with Crippen LogP contribution < -0.4 is 4.90 Å². The van der Waals surface area contributed by atoms with Crippen LogP contribution in [-0.2, 0) is 9.53 Å². The molecule has 2 aromatic rings. The first-order chi connectivity index (χ1) is 10.6. The Hall–Kier alpha value is -2.62. The number of carbonyl (C=O) groups excluding carboxylic acids is 2. The van der Waals surface area contributed by atoms with E-state index in [1.165, 1.54) is 0 Å². The smallest absolute Gasteiger partial charge is 0.338 e. The highest BCUT2D eigenvalue weighted by Crippen LogP contribution is 2.13. The minimum absolute atomic E-state index is 0.241. The van der Waals surface area contributed by atoms with Crippen LogP contribution in [0.3, 0.4) is 0 Å². The summed E-state index contributed by atoms with van der Waals surface area (Å²) in [6.45, 7) is 4.03. The molecule has 0 unspecified atom stereocenters. The summed E-state index contributed by atoms with van der Waals surface area (Å²) >= 11 is 0. The highest BCUT2D eigenvalue weighted by Gasteiger charge is 2.16. The third-order valence-electron chi connectivity index (χ3n) is 3.27. The Labute approximate surface area is 130 Å². The maximum Gasteiger partial charge on any atom is 0.338 e. The van der Waals surface area contributed by atoms with Gasteiger partial charge in [0.25, 0.3) is 5.91 Å². The van der Waals surface area contributed by atoms with Crippen LogP contribution in [0.2, 0.25) is 0 Å². The molecule has 0 aliphatic rings. The van der Waals surface area contributed by atoms with E-state index in [4.69, 9.17) is 4.74 Å². The molecule has 0 spiro atoms. The molecule has 0 atom stereocenters. The summed E-state index contributed by atoms with van der Waals surface area (Å²) in [5.41, 5.74) is 2.22. The van der Waals surface area contributed by atoms with Gasteiger partial charge in [-0.25, -0.2) is 4.79 Å². The van der Waals surface area contributed by atoms with Gasteiger partial charge in [0.15, 0.2) is 6.61 Å². The average Bonchev–Trinajstić information content (AvgIpc) is 2.54. The molecule has 0 aromatic heterocycles. The van der Waals surface area contributed by atoms with Crippen LogP contribution in [0.4, 0.5) is 5.69 Å². The third-order valence-corrected chi connectivity index (χ3v) is 3.27. The van der Waals surface area contributed by atoms with Gasteiger partial charge >= 0.3 is 5.97 Å². The van der Waals surface area contributed by atoms with E-state index < -0.39 is 5.97 Å². The Morgan fingerprint density at radius 1 is 1.05 bits per heavy atom. The van der Waals surface area contributed by atoms with Crippen molar-refractivity contribution in [3.63, 3.8) is 0 Å². The lowest BCUT2D eigenvalue weighted by molar-refractivity contribution is -0.121. The molecule has 0 aliphatic heterocycles. The number of rotatable bonds is 5. The van der Waals surface area contributed by atoms with Gasteiger partial charge in [0.2, 0.25) is 0 Å². The van der Waals surface area contributed by atoms with Crippen LogP contribution in [0.1, 0.15) is 22.8 Å². The first kappa shape index (κ1) is 15.8. The normalized spacial score (nSPS) is 10.1. The van der Waals surface area contributed by atoms with Crippen LogP contribution in [0.5, 0.6) is 0 Å². The Kier molecular flexibility index (Phi) is 5.31. The Balaban J connectivity index is 1.98. The molecule has 2 rings (SSSR count). The highest BCUT2D eigenvalue weighted by atomic mass is 16.5. The number of anilines is 1. The van der Waals surface area contributed by atoms with Crippen LogP contribution in [0.15, 0.2) is 54.6 Å². The Bertz CT molecular complexity index is 652. The van der Waals surface area contributed by atoms with E-state index in [9.17, 15) is 9.59 Å². The van der Waals surface area contributed by atoms with Gasteiger partial charge in [-0.1, -0.05) is 35.9 Å². The van der Waals surface area contributed by atoms with Gasteiger partial charge in [0.1, 0.15) is 0 Å².